The molecule has 1 aliphatic carbocycles. The second-order valence-corrected chi connectivity index (χ2v) is 11.8. The lowest BCUT2D eigenvalue weighted by atomic mass is 9.86. The number of halogens is 2. The van der Waals surface area contributed by atoms with Crippen molar-refractivity contribution < 1.29 is 22.0 Å². The van der Waals surface area contributed by atoms with Crippen molar-refractivity contribution in [2.45, 2.75) is 69.7 Å². The Morgan fingerprint density at radius 1 is 1.00 bits per heavy atom. The molecule has 0 aromatic heterocycles. The van der Waals surface area contributed by atoms with E-state index in [0.717, 1.165) is 37.2 Å². The first-order valence-corrected chi connectivity index (χ1v) is 14.1. The van der Waals surface area contributed by atoms with Crippen LogP contribution in [0.25, 0.3) is 0 Å². The van der Waals surface area contributed by atoms with Gasteiger partial charge in [-0.15, -0.1) is 0 Å². The van der Waals surface area contributed by atoms with E-state index < -0.39 is 15.8 Å². The van der Waals surface area contributed by atoms with E-state index in [0.29, 0.717) is 24.4 Å². The van der Waals surface area contributed by atoms with E-state index in [9.17, 15) is 22.0 Å². The third-order valence-corrected chi connectivity index (χ3v) is 8.31. The molecule has 0 atom stereocenters. The molecule has 35 heavy (non-hydrogen) atoms. The fourth-order valence-corrected chi connectivity index (χ4v) is 5.41. The van der Waals surface area contributed by atoms with Gasteiger partial charge >= 0.3 is 0 Å². The molecule has 0 bridgehead atoms. The second-order valence-electron chi connectivity index (χ2n) is 9.50. The van der Waals surface area contributed by atoms with E-state index >= 15 is 0 Å². The lowest BCUT2D eigenvalue weighted by Gasteiger charge is -2.32. The molecule has 8 heteroatoms. The Morgan fingerprint density at radius 3 is 2.17 bits per heavy atom. The highest BCUT2D eigenvalue weighted by atomic mass is 32.2. The van der Waals surface area contributed by atoms with Crippen molar-refractivity contribution in [1.82, 2.24) is 4.90 Å². The van der Waals surface area contributed by atoms with Gasteiger partial charge in [-0.25, -0.2) is 17.2 Å². The van der Waals surface area contributed by atoms with Crippen LogP contribution in [0.5, 0.6) is 0 Å². The SMILES string of the molecule is CCCN(Cc1ccc(NC(=O)Cc2ccc(S(=O)(=O)CC)cc2)cc1)CC1CCC(F)(F)CC1. The highest BCUT2D eigenvalue weighted by molar-refractivity contribution is 7.91. The molecular formula is C27H36F2N2O3S. The van der Waals surface area contributed by atoms with Gasteiger partial charge in [-0.3, -0.25) is 9.69 Å². The normalized spacial score (nSPS) is 16.4. The van der Waals surface area contributed by atoms with Crippen LogP contribution in [0.4, 0.5) is 14.5 Å². The van der Waals surface area contributed by atoms with Crippen molar-refractivity contribution in [3.63, 3.8) is 0 Å². The van der Waals surface area contributed by atoms with Crippen LogP contribution in [0.15, 0.2) is 53.4 Å². The van der Waals surface area contributed by atoms with Gasteiger partial charge in [-0.2, -0.15) is 0 Å². The first-order chi connectivity index (χ1) is 16.6. The molecule has 1 saturated carbocycles. The number of sulfone groups is 1. The molecule has 5 nitrogen and oxygen atoms in total. The van der Waals surface area contributed by atoms with Gasteiger partial charge in [0, 0.05) is 31.6 Å². The number of alkyl halides is 2. The van der Waals surface area contributed by atoms with E-state index in [1.807, 2.05) is 24.3 Å². The fraction of sp³-hybridized carbons (Fsp3) is 0.519. The minimum Gasteiger partial charge on any atom is -0.326 e. The molecule has 0 heterocycles. The van der Waals surface area contributed by atoms with Gasteiger partial charge in [0.15, 0.2) is 9.84 Å². The molecule has 0 aliphatic heterocycles. The smallest absolute Gasteiger partial charge is 0.248 e. The predicted octanol–water partition coefficient (Wildman–Crippen LogP) is 5.70. The van der Waals surface area contributed by atoms with Crippen LogP contribution in [0.2, 0.25) is 0 Å². The molecule has 192 valence electrons. The Labute approximate surface area is 207 Å². The third kappa shape index (κ3) is 8.39. The molecule has 2 aromatic rings. The van der Waals surface area contributed by atoms with Crippen LogP contribution in [-0.2, 0) is 27.6 Å². The molecule has 0 spiro atoms. The minimum absolute atomic E-state index is 0.00594. The largest absolute Gasteiger partial charge is 0.326 e. The van der Waals surface area contributed by atoms with Gasteiger partial charge in [0.1, 0.15) is 0 Å². The summed E-state index contributed by atoms with van der Waals surface area (Å²) < 4.78 is 50.8. The summed E-state index contributed by atoms with van der Waals surface area (Å²) in [6.45, 7) is 6.23. The molecular weight excluding hydrogens is 470 g/mol. The van der Waals surface area contributed by atoms with Crippen molar-refractivity contribution in [1.29, 1.82) is 0 Å². The average Bonchev–Trinajstić information content (AvgIpc) is 2.82. The maximum atomic E-state index is 13.5. The highest BCUT2D eigenvalue weighted by Gasteiger charge is 2.35. The summed E-state index contributed by atoms with van der Waals surface area (Å²) in [7, 11) is -3.26. The molecule has 2 aromatic carbocycles. The van der Waals surface area contributed by atoms with Crippen LogP contribution < -0.4 is 5.32 Å². The number of carbonyl (C=O) groups excluding carboxylic acids is 1. The lowest BCUT2D eigenvalue weighted by molar-refractivity contribution is -0.115. The number of rotatable bonds is 11. The van der Waals surface area contributed by atoms with Crippen molar-refractivity contribution in [2.75, 3.05) is 24.2 Å². The van der Waals surface area contributed by atoms with Crippen LogP contribution >= 0.6 is 0 Å². The number of anilines is 1. The quantitative estimate of drug-likeness (QED) is 0.425. The molecule has 1 fully saturated rings. The minimum atomic E-state index is -3.26. The number of hydrogen-bond donors (Lipinski definition) is 1. The fourth-order valence-electron chi connectivity index (χ4n) is 4.52. The molecule has 1 N–H and O–H groups in total. The van der Waals surface area contributed by atoms with E-state index in [4.69, 9.17) is 0 Å². The number of amides is 1. The second kappa shape index (κ2) is 12.1. The van der Waals surface area contributed by atoms with Crippen LogP contribution in [0.1, 0.15) is 57.1 Å². The summed E-state index contributed by atoms with van der Waals surface area (Å²) in [4.78, 5) is 15.0. The van der Waals surface area contributed by atoms with Crippen LogP contribution in [-0.4, -0.2) is 44.0 Å². The van der Waals surface area contributed by atoms with Crippen molar-refractivity contribution in [2.24, 2.45) is 5.92 Å². The predicted molar refractivity (Wildman–Crippen MR) is 135 cm³/mol. The van der Waals surface area contributed by atoms with E-state index in [1.54, 1.807) is 19.1 Å². The summed E-state index contributed by atoms with van der Waals surface area (Å²) in [6.07, 6.45) is 2.30. The first-order valence-electron chi connectivity index (χ1n) is 12.4. The Kier molecular flexibility index (Phi) is 9.41. The van der Waals surface area contributed by atoms with Gasteiger partial charge in [0.2, 0.25) is 11.8 Å². The molecule has 0 radical (unpaired) electrons. The van der Waals surface area contributed by atoms with Gasteiger partial charge in [0.05, 0.1) is 17.1 Å². The van der Waals surface area contributed by atoms with Gasteiger partial charge in [0.25, 0.3) is 0 Å². The lowest BCUT2D eigenvalue weighted by Crippen LogP contribution is -2.34. The monoisotopic (exact) mass is 506 g/mol. The van der Waals surface area contributed by atoms with Gasteiger partial charge in [-0.1, -0.05) is 38.1 Å². The number of carbonyl (C=O) groups is 1. The summed E-state index contributed by atoms with van der Waals surface area (Å²) in [5.41, 5.74) is 2.55. The Morgan fingerprint density at radius 2 is 1.60 bits per heavy atom. The molecule has 0 saturated heterocycles. The van der Waals surface area contributed by atoms with E-state index in [-0.39, 0.29) is 35.8 Å². The maximum Gasteiger partial charge on any atom is 0.248 e. The standard InChI is InChI=1S/C27H36F2N2O3S/c1-3-17-31(20-23-13-15-27(28,29)16-14-23)19-22-5-9-24(10-6-22)30-26(32)18-21-7-11-25(12-8-21)35(33,34)4-2/h5-12,23H,3-4,13-20H2,1-2H3,(H,30,32). The summed E-state index contributed by atoms with van der Waals surface area (Å²) in [6, 6.07) is 14.1. The molecule has 0 unspecified atom stereocenters. The maximum absolute atomic E-state index is 13.5. The third-order valence-electron chi connectivity index (χ3n) is 6.56. The van der Waals surface area contributed by atoms with Crippen LogP contribution in [0, 0.1) is 5.92 Å². The van der Waals surface area contributed by atoms with Crippen molar-refractivity contribution in [3.8, 4) is 0 Å². The molecule has 3 rings (SSSR count). The highest BCUT2D eigenvalue weighted by Crippen LogP contribution is 2.36. The Hall–Kier alpha value is -2.32. The van der Waals surface area contributed by atoms with E-state index in [2.05, 4.69) is 17.1 Å². The zero-order valence-corrected chi connectivity index (χ0v) is 21.4. The Bertz CT molecular complexity index is 1060. The van der Waals surface area contributed by atoms with Gasteiger partial charge < -0.3 is 5.32 Å². The molecule has 1 aliphatic rings. The van der Waals surface area contributed by atoms with Crippen molar-refractivity contribution >= 4 is 21.4 Å². The van der Waals surface area contributed by atoms with Crippen LogP contribution in [0.3, 0.4) is 0 Å². The van der Waals surface area contributed by atoms with Crippen molar-refractivity contribution in [3.05, 3.63) is 59.7 Å². The summed E-state index contributed by atoms with van der Waals surface area (Å²) in [5.74, 6) is -2.31. The first kappa shape index (κ1) is 27.3. The van der Waals surface area contributed by atoms with Gasteiger partial charge in [-0.05, 0) is 67.1 Å². The zero-order chi connectivity index (χ0) is 25.5. The Balaban J connectivity index is 1.51. The number of nitrogens with zero attached hydrogens (tertiary/aromatic N) is 1. The number of benzene rings is 2. The summed E-state index contributed by atoms with van der Waals surface area (Å²) >= 11 is 0. The number of nitrogens with one attached hydrogen (secondary N) is 1. The molecule has 1 amide bonds. The average molecular weight is 507 g/mol. The topological polar surface area (TPSA) is 66.5 Å². The zero-order valence-electron chi connectivity index (χ0n) is 20.6. The van der Waals surface area contributed by atoms with E-state index in [1.165, 1.54) is 12.1 Å². The number of hydrogen-bond acceptors (Lipinski definition) is 4. The summed E-state index contributed by atoms with van der Waals surface area (Å²) in [5, 5.41) is 2.88.